The molecule has 0 fully saturated rings. The van der Waals surface area contributed by atoms with Crippen LogP contribution in [0.5, 0.6) is 0 Å². The van der Waals surface area contributed by atoms with E-state index in [0.29, 0.717) is 11.6 Å². The summed E-state index contributed by atoms with van der Waals surface area (Å²) >= 11 is 6.08. The first-order valence-electron chi connectivity index (χ1n) is 9.09. The number of carbonyl (C=O) groups is 1. The monoisotopic (exact) mass is 376 g/mol. The molecule has 2 amide bonds. The molecule has 4 heteroatoms. The van der Waals surface area contributed by atoms with Crippen molar-refractivity contribution < 1.29 is 4.79 Å². The average molecular weight is 377 g/mol. The maximum atomic E-state index is 13.1. The highest BCUT2D eigenvalue weighted by molar-refractivity contribution is 6.30. The normalized spacial score (nSPS) is 15.9. The van der Waals surface area contributed by atoms with E-state index >= 15 is 0 Å². The van der Waals surface area contributed by atoms with Crippen LogP contribution in [0.3, 0.4) is 0 Å². The third-order valence-electron chi connectivity index (χ3n) is 5.00. The van der Waals surface area contributed by atoms with E-state index in [2.05, 4.69) is 23.5 Å². The van der Waals surface area contributed by atoms with Gasteiger partial charge in [-0.25, -0.2) is 4.79 Å². The summed E-state index contributed by atoms with van der Waals surface area (Å²) in [7, 11) is 0. The molecule has 4 rings (SSSR count). The van der Waals surface area contributed by atoms with E-state index < -0.39 is 0 Å². The van der Waals surface area contributed by atoms with Crippen molar-refractivity contribution in [2.24, 2.45) is 0 Å². The predicted molar refractivity (Wildman–Crippen MR) is 110 cm³/mol. The maximum Gasteiger partial charge on any atom is 0.322 e. The number of amides is 2. The van der Waals surface area contributed by atoms with Crippen LogP contribution in [0.15, 0.2) is 72.8 Å². The molecule has 136 valence electrons. The lowest BCUT2D eigenvalue weighted by Gasteiger charge is -2.37. The van der Waals surface area contributed by atoms with E-state index in [9.17, 15) is 4.79 Å². The van der Waals surface area contributed by atoms with Crippen LogP contribution < -0.4 is 5.32 Å². The van der Waals surface area contributed by atoms with E-state index in [0.717, 1.165) is 23.2 Å². The molecular formula is C23H21ClN2O. The van der Waals surface area contributed by atoms with Crippen molar-refractivity contribution in [3.05, 3.63) is 100 Å². The molecule has 3 aromatic carbocycles. The number of nitrogens with zero attached hydrogens (tertiary/aromatic N) is 1. The summed E-state index contributed by atoms with van der Waals surface area (Å²) in [6.45, 7) is 2.69. The van der Waals surface area contributed by atoms with E-state index in [1.54, 1.807) is 0 Å². The van der Waals surface area contributed by atoms with Gasteiger partial charge in [0.15, 0.2) is 0 Å². The molecule has 0 bridgehead atoms. The lowest BCUT2D eigenvalue weighted by Crippen LogP contribution is -2.43. The molecule has 27 heavy (non-hydrogen) atoms. The number of benzene rings is 3. The number of hydrogen-bond donors (Lipinski definition) is 1. The van der Waals surface area contributed by atoms with Crippen molar-refractivity contribution >= 4 is 23.3 Å². The number of aryl methyl sites for hydroxylation is 1. The number of anilines is 1. The van der Waals surface area contributed by atoms with Gasteiger partial charge >= 0.3 is 6.03 Å². The van der Waals surface area contributed by atoms with Gasteiger partial charge in [-0.1, -0.05) is 60.1 Å². The minimum Gasteiger partial charge on any atom is -0.313 e. The van der Waals surface area contributed by atoms with Crippen molar-refractivity contribution in [1.29, 1.82) is 0 Å². The summed E-state index contributed by atoms with van der Waals surface area (Å²) in [5.74, 6) is 0. The van der Waals surface area contributed by atoms with Crippen molar-refractivity contribution in [2.75, 3.05) is 11.9 Å². The Hall–Kier alpha value is -2.78. The second-order valence-corrected chi connectivity index (χ2v) is 7.33. The molecule has 0 aliphatic carbocycles. The fraction of sp³-hybridized carbons (Fsp3) is 0.174. The van der Waals surface area contributed by atoms with Gasteiger partial charge in [0.2, 0.25) is 0 Å². The van der Waals surface area contributed by atoms with Crippen LogP contribution in [-0.2, 0) is 6.42 Å². The van der Waals surface area contributed by atoms with Crippen LogP contribution in [-0.4, -0.2) is 17.5 Å². The van der Waals surface area contributed by atoms with Crippen molar-refractivity contribution in [3.8, 4) is 0 Å². The Kier molecular flexibility index (Phi) is 4.87. The number of halogens is 1. The van der Waals surface area contributed by atoms with Crippen LogP contribution in [0.25, 0.3) is 0 Å². The van der Waals surface area contributed by atoms with Gasteiger partial charge in [0.1, 0.15) is 0 Å². The third-order valence-corrected chi connectivity index (χ3v) is 5.25. The summed E-state index contributed by atoms with van der Waals surface area (Å²) in [5.41, 5.74) is 5.45. The third kappa shape index (κ3) is 3.69. The average Bonchev–Trinajstić information content (AvgIpc) is 2.68. The van der Waals surface area contributed by atoms with Crippen LogP contribution in [0.2, 0.25) is 5.02 Å². The molecule has 1 aliphatic heterocycles. The molecule has 0 radical (unpaired) electrons. The van der Waals surface area contributed by atoms with Gasteiger partial charge < -0.3 is 10.2 Å². The van der Waals surface area contributed by atoms with Gasteiger partial charge in [0.25, 0.3) is 0 Å². The van der Waals surface area contributed by atoms with E-state index in [-0.39, 0.29) is 12.1 Å². The molecule has 1 aliphatic rings. The van der Waals surface area contributed by atoms with E-state index in [1.807, 2.05) is 66.4 Å². The van der Waals surface area contributed by atoms with Crippen LogP contribution in [0.4, 0.5) is 10.5 Å². The number of rotatable bonds is 2. The molecule has 0 saturated carbocycles. The first-order valence-corrected chi connectivity index (χ1v) is 9.47. The molecule has 1 N–H and O–H groups in total. The number of urea groups is 1. The van der Waals surface area contributed by atoms with Gasteiger partial charge in [-0.05, 0) is 59.9 Å². The SMILES string of the molecule is Cc1cccc(NC(=O)N2CCc3ccccc3[C@@H]2c2ccc(Cl)cc2)c1. The van der Waals surface area contributed by atoms with Gasteiger partial charge in [-0.15, -0.1) is 0 Å². The maximum absolute atomic E-state index is 13.1. The predicted octanol–water partition coefficient (Wildman–Crippen LogP) is 5.83. The number of hydrogen-bond acceptors (Lipinski definition) is 1. The van der Waals surface area contributed by atoms with Gasteiger partial charge in [-0.2, -0.15) is 0 Å². The minimum absolute atomic E-state index is 0.0879. The molecular weight excluding hydrogens is 356 g/mol. The quantitative estimate of drug-likeness (QED) is 0.599. The molecule has 3 nitrogen and oxygen atoms in total. The summed E-state index contributed by atoms with van der Waals surface area (Å²) in [6.07, 6.45) is 0.849. The smallest absolute Gasteiger partial charge is 0.313 e. The lowest BCUT2D eigenvalue weighted by atomic mass is 9.88. The zero-order valence-electron chi connectivity index (χ0n) is 15.2. The fourth-order valence-corrected chi connectivity index (χ4v) is 3.83. The lowest BCUT2D eigenvalue weighted by molar-refractivity contribution is 0.194. The molecule has 1 atom stereocenters. The Bertz CT molecular complexity index is 968. The van der Waals surface area contributed by atoms with Crippen molar-refractivity contribution in [3.63, 3.8) is 0 Å². The standard InChI is InChI=1S/C23H21ClN2O/c1-16-5-4-7-20(15-16)25-23(27)26-14-13-17-6-2-3-8-21(17)22(26)18-9-11-19(24)12-10-18/h2-12,15,22H,13-14H2,1H3,(H,25,27)/t22-/m0/s1. The Morgan fingerprint density at radius 1 is 1.04 bits per heavy atom. The molecule has 0 unspecified atom stereocenters. The Labute approximate surface area is 164 Å². The van der Waals surface area contributed by atoms with Crippen LogP contribution in [0, 0.1) is 6.92 Å². The van der Waals surface area contributed by atoms with Gasteiger partial charge in [0, 0.05) is 17.3 Å². The van der Waals surface area contributed by atoms with Gasteiger partial charge in [-0.3, -0.25) is 0 Å². The summed E-state index contributed by atoms with van der Waals surface area (Å²) < 4.78 is 0. The number of fused-ring (bicyclic) bond motifs is 1. The van der Waals surface area contributed by atoms with Gasteiger partial charge in [0.05, 0.1) is 6.04 Å². The largest absolute Gasteiger partial charge is 0.322 e. The first-order chi connectivity index (χ1) is 13.1. The summed E-state index contributed by atoms with van der Waals surface area (Å²) in [5, 5.41) is 3.75. The van der Waals surface area contributed by atoms with E-state index in [1.165, 1.54) is 11.1 Å². The Morgan fingerprint density at radius 2 is 1.81 bits per heavy atom. The van der Waals surface area contributed by atoms with Crippen molar-refractivity contribution in [2.45, 2.75) is 19.4 Å². The zero-order valence-corrected chi connectivity index (χ0v) is 15.9. The molecule has 0 spiro atoms. The second kappa shape index (κ2) is 7.45. The number of carbonyl (C=O) groups excluding carboxylic acids is 1. The first kappa shape index (κ1) is 17.6. The summed E-state index contributed by atoms with van der Waals surface area (Å²) in [4.78, 5) is 15.0. The van der Waals surface area contributed by atoms with Crippen LogP contribution in [0.1, 0.15) is 28.3 Å². The molecule has 3 aromatic rings. The molecule has 0 saturated heterocycles. The van der Waals surface area contributed by atoms with E-state index in [4.69, 9.17) is 11.6 Å². The zero-order chi connectivity index (χ0) is 18.8. The Morgan fingerprint density at radius 3 is 2.59 bits per heavy atom. The highest BCUT2D eigenvalue weighted by atomic mass is 35.5. The van der Waals surface area contributed by atoms with Crippen molar-refractivity contribution in [1.82, 2.24) is 4.90 Å². The molecule has 1 heterocycles. The Balaban J connectivity index is 1.70. The molecule has 0 aromatic heterocycles. The number of nitrogens with one attached hydrogen (secondary N) is 1. The summed E-state index contributed by atoms with van der Waals surface area (Å²) in [6, 6.07) is 23.8. The van der Waals surface area contributed by atoms with Crippen LogP contribution >= 0.6 is 11.6 Å². The topological polar surface area (TPSA) is 32.3 Å². The highest BCUT2D eigenvalue weighted by Crippen LogP contribution is 2.36. The fourth-order valence-electron chi connectivity index (χ4n) is 3.71. The highest BCUT2D eigenvalue weighted by Gasteiger charge is 2.31. The minimum atomic E-state index is -0.128. The second-order valence-electron chi connectivity index (χ2n) is 6.90.